The maximum Gasteiger partial charge on any atom is 0.407 e. The first kappa shape index (κ1) is 31.1. The van der Waals surface area contributed by atoms with E-state index in [-0.39, 0.29) is 27.7 Å². The summed E-state index contributed by atoms with van der Waals surface area (Å²) in [6.45, 7) is 5.50. The van der Waals surface area contributed by atoms with Gasteiger partial charge in [-0.15, -0.1) is 11.3 Å². The average Bonchev–Trinajstić information content (AvgIpc) is 3.52. The lowest BCUT2D eigenvalue weighted by Crippen LogP contribution is -2.42. The number of alkyl carbamates (subject to hydrolysis) is 1. The summed E-state index contributed by atoms with van der Waals surface area (Å²) in [5, 5.41) is 7.96. The lowest BCUT2D eigenvalue weighted by atomic mass is 9.91. The summed E-state index contributed by atoms with van der Waals surface area (Å²) >= 11 is 1.06. The zero-order valence-corrected chi connectivity index (χ0v) is 26.0. The normalized spacial score (nSPS) is 17.0. The van der Waals surface area contributed by atoms with E-state index in [4.69, 9.17) is 9.47 Å². The van der Waals surface area contributed by atoms with Crippen molar-refractivity contribution in [3.63, 3.8) is 0 Å². The molecule has 3 N–H and O–H groups in total. The molecule has 0 unspecified atom stereocenters. The highest BCUT2D eigenvalue weighted by atomic mass is 32.2. The van der Waals surface area contributed by atoms with Crippen molar-refractivity contribution in [2.24, 2.45) is 0 Å². The fourth-order valence-electron chi connectivity index (χ4n) is 4.67. The highest BCUT2D eigenvalue weighted by Crippen LogP contribution is 2.34. The van der Waals surface area contributed by atoms with Gasteiger partial charge in [0.15, 0.2) is 11.6 Å². The second-order valence-corrected chi connectivity index (χ2v) is 14.1. The number of pyridine rings is 1. The lowest BCUT2D eigenvalue weighted by Gasteiger charge is -2.30. The maximum atomic E-state index is 15.0. The van der Waals surface area contributed by atoms with Crippen molar-refractivity contribution < 1.29 is 27.1 Å². The summed E-state index contributed by atoms with van der Waals surface area (Å²) in [5.41, 5.74) is 0.562. The molecular weight excluding hydrogens is 607 g/mol. The van der Waals surface area contributed by atoms with Crippen molar-refractivity contribution in [3.8, 4) is 22.8 Å². The Morgan fingerprint density at radius 2 is 1.80 bits per heavy atom. The van der Waals surface area contributed by atoms with Crippen molar-refractivity contribution in [2.75, 3.05) is 10.0 Å². The quantitative estimate of drug-likeness (QED) is 0.185. The zero-order valence-electron chi connectivity index (χ0n) is 24.4. The van der Waals surface area contributed by atoms with Crippen LogP contribution in [0.2, 0.25) is 0 Å². The highest BCUT2D eigenvalue weighted by Gasteiger charge is 2.25. The van der Waals surface area contributed by atoms with Crippen molar-refractivity contribution in [2.45, 2.75) is 68.3 Å². The van der Waals surface area contributed by atoms with Crippen LogP contribution in [0.15, 0.2) is 70.6 Å². The van der Waals surface area contributed by atoms with Gasteiger partial charge in [0.05, 0.1) is 16.9 Å². The molecule has 14 heteroatoms. The van der Waals surface area contributed by atoms with Gasteiger partial charge in [-0.2, -0.15) is 0 Å². The summed E-state index contributed by atoms with van der Waals surface area (Å²) in [4.78, 5) is 25.3. The molecule has 0 saturated heterocycles. The molecule has 3 heterocycles. The third kappa shape index (κ3) is 8.20. The van der Waals surface area contributed by atoms with E-state index in [1.54, 1.807) is 36.0 Å². The van der Waals surface area contributed by atoms with Gasteiger partial charge in [-0.1, -0.05) is 6.07 Å². The van der Waals surface area contributed by atoms with Gasteiger partial charge < -0.3 is 20.1 Å². The topological polar surface area (TPSA) is 144 Å². The Morgan fingerprint density at radius 1 is 1.02 bits per heavy atom. The molecule has 1 aliphatic rings. The Labute approximate surface area is 259 Å². The number of sulfonamides is 1. The molecule has 44 heavy (non-hydrogen) atoms. The van der Waals surface area contributed by atoms with Gasteiger partial charge in [0.1, 0.15) is 15.6 Å². The van der Waals surface area contributed by atoms with Gasteiger partial charge in [0, 0.05) is 36.7 Å². The molecule has 0 radical (unpaired) electrons. The monoisotopic (exact) mass is 640 g/mol. The van der Waals surface area contributed by atoms with Crippen LogP contribution in [-0.2, 0) is 14.8 Å². The highest BCUT2D eigenvalue weighted by molar-refractivity contribution is 7.94. The third-order valence-corrected chi connectivity index (χ3v) is 9.44. The number of aromatic nitrogens is 3. The van der Waals surface area contributed by atoms with E-state index in [2.05, 4.69) is 30.3 Å². The molecule has 1 aromatic carbocycles. The molecular formula is C30H33FN6O5S2. The van der Waals surface area contributed by atoms with E-state index in [9.17, 15) is 13.2 Å². The zero-order chi connectivity index (χ0) is 31.3. The molecule has 1 saturated carbocycles. The lowest BCUT2D eigenvalue weighted by molar-refractivity contribution is 0.0492. The molecule has 0 atom stereocenters. The van der Waals surface area contributed by atoms with E-state index in [0.717, 1.165) is 43.1 Å². The van der Waals surface area contributed by atoms with Gasteiger partial charge in [-0.05, 0) is 82.2 Å². The maximum absolute atomic E-state index is 15.0. The van der Waals surface area contributed by atoms with E-state index < -0.39 is 27.5 Å². The van der Waals surface area contributed by atoms with Crippen LogP contribution in [0.3, 0.4) is 0 Å². The standard InChI is InChI=1S/C30H33FN6O5S2/c1-30(2,3)42-29(38)35-20-8-6-19(7-9-20)34-28-33-15-12-24(36-28)22-18-32-14-13-25(22)41-26-11-10-21(17-23(26)31)37-44(39,40)27-5-4-16-43-27/h4-5,10-20,37H,6-9H2,1-3H3,(H,35,38)(H,33,34,36). The van der Waals surface area contributed by atoms with Gasteiger partial charge in [-0.25, -0.2) is 27.6 Å². The molecule has 0 bridgehead atoms. The number of anilines is 2. The third-order valence-electron chi connectivity index (χ3n) is 6.66. The van der Waals surface area contributed by atoms with Crippen molar-refractivity contribution in [3.05, 3.63) is 72.3 Å². The first-order valence-corrected chi connectivity index (χ1v) is 16.4. The van der Waals surface area contributed by atoms with E-state index in [1.165, 1.54) is 24.4 Å². The Hall–Kier alpha value is -4.30. The molecule has 5 rings (SSSR count). The van der Waals surface area contributed by atoms with Gasteiger partial charge in [0.25, 0.3) is 10.0 Å². The van der Waals surface area contributed by atoms with Crippen LogP contribution in [0.25, 0.3) is 11.3 Å². The number of thiophene rings is 1. The molecule has 4 aromatic rings. The Balaban J connectivity index is 1.23. The number of halogens is 1. The minimum absolute atomic E-state index is 0.0425. The fraction of sp³-hybridized carbons (Fsp3) is 0.333. The molecule has 0 aliphatic heterocycles. The number of nitrogens with one attached hydrogen (secondary N) is 3. The average molecular weight is 641 g/mol. The van der Waals surface area contributed by atoms with Crippen LogP contribution in [0.4, 0.5) is 20.8 Å². The summed E-state index contributed by atoms with van der Waals surface area (Å²) in [6, 6.07) is 10.4. The van der Waals surface area contributed by atoms with Crippen LogP contribution in [0.1, 0.15) is 46.5 Å². The fourth-order valence-corrected chi connectivity index (χ4v) is 6.71. The molecule has 0 spiro atoms. The van der Waals surface area contributed by atoms with Gasteiger partial charge in [0.2, 0.25) is 5.95 Å². The summed E-state index contributed by atoms with van der Waals surface area (Å²) < 4.78 is 53.8. The Morgan fingerprint density at radius 3 is 2.50 bits per heavy atom. The second-order valence-electron chi connectivity index (χ2n) is 11.3. The number of hydrogen-bond donors (Lipinski definition) is 3. The molecule has 1 amide bonds. The number of ether oxygens (including phenoxy) is 2. The Bertz CT molecular complexity index is 1710. The first-order chi connectivity index (χ1) is 20.9. The molecule has 3 aromatic heterocycles. The number of carbonyl (C=O) groups excluding carboxylic acids is 1. The van der Waals surface area contributed by atoms with E-state index in [1.807, 2.05) is 20.8 Å². The van der Waals surface area contributed by atoms with Crippen LogP contribution in [0.5, 0.6) is 11.5 Å². The minimum atomic E-state index is -3.82. The first-order valence-electron chi connectivity index (χ1n) is 14.0. The summed E-state index contributed by atoms with van der Waals surface area (Å²) in [6.07, 6.45) is 7.50. The number of rotatable bonds is 9. The van der Waals surface area contributed by atoms with Crippen molar-refractivity contribution >= 4 is 39.1 Å². The Kier molecular flexibility index (Phi) is 9.30. The molecule has 1 aliphatic carbocycles. The SMILES string of the molecule is CC(C)(C)OC(=O)NC1CCC(Nc2nccc(-c3cnccc3Oc3ccc(NS(=O)(=O)c4cccs4)cc3F)n2)CC1. The number of amides is 1. The second kappa shape index (κ2) is 13.1. The number of benzene rings is 1. The number of nitrogens with zero attached hydrogens (tertiary/aromatic N) is 3. The van der Waals surface area contributed by atoms with Crippen LogP contribution >= 0.6 is 11.3 Å². The smallest absolute Gasteiger partial charge is 0.407 e. The largest absolute Gasteiger partial charge is 0.453 e. The van der Waals surface area contributed by atoms with Gasteiger partial charge >= 0.3 is 6.09 Å². The van der Waals surface area contributed by atoms with Crippen LogP contribution in [0, 0.1) is 5.82 Å². The minimum Gasteiger partial charge on any atom is -0.453 e. The van der Waals surface area contributed by atoms with Crippen LogP contribution < -0.4 is 20.1 Å². The van der Waals surface area contributed by atoms with E-state index in [0.29, 0.717) is 23.0 Å². The van der Waals surface area contributed by atoms with Crippen molar-refractivity contribution in [1.29, 1.82) is 0 Å². The summed E-state index contributed by atoms with van der Waals surface area (Å²) in [7, 11) is -3.82. The number of hydrogen-bond acceptors (Lipinski definition) is 10. The van der Waals surface area contributed by atoms with Crippen molar-refractivity contribution in [1.82, 2.24) is 20.3 Å². The van der Waals surface area contributed by atoms with Crippen LogP contribution in [-0.4, -0.2) is 47.1 Å². The predicted molar refractivity (Wildman–Crippen MR) is 166 cm³/mol. The van der Waals surface area contributed by atoms with Gasteiger partial charge in [-0.3, -0.25) is 9.71 Å². The molecule has 11 nitrogen and oxygen atoms in total. The van der Waals surface area contributed by atoms with E-state index >= 15 is 4.39 Å². The molecule has 232 valence electrons. The predicted octanol–water partition coefficient (Wildman–Crippen LogP) is 6.58. The summed E-state index contributed by atoms with van der Waals surface area (Å²) in [5.74, 6) is -0.111. The number of carbonyl (C=O) groups is 1. The molecule has 1 fully saturated rings.